The van der Waals surface area contributed by atoms with E-state index in [4.69, 9.17) is 0 Å². The van der Waals surface area contributed by atoms with Crippen LogP contribution in [0.5, 0.6) is 0 Å². The Bertz CT molecular complexity index is 802. The molecule has 1 atom stereocenters. The highest BCUT2D eigenvalue weighted by Gasteiger charge is 2.51. The fourth-order valence-electron chi connectivity index (χ4n) is 4.07. The summed E-state index contributed by atoms with van der Waals surface area (Å²) in [5.41, 5.74) is 2.76. The minimum atomic E-state index is -0.366. The van der Waals surface area contributed by atoms with Crippen LogP contribution in [0.3, 0.4) is 0 Å². The zero-order chi connectivity index (χ0) is 17.4. The third-order valence-electron chi connectivity index (χ3n) is 5.47. The lowest BCUT2D eigenvalue weighted by molar-refractivity contribution is -0.135. The van der Waals surface area contributed by atoms with Gasteiger partial charge in [-0.15, -0.1) is 0 Å². The minimum Gasteiger partial charge on any atom is -0.338 e. The Kier molecular flexibility index (Phi) is 4.12. The van der Waals surface area contributed by atoms with Crippen LogP contribution in [0.1, 0.15) is 34.3 Å². The molecular formula is C20H22N2O2S. The number of hydrogen-bond donors (Lipinski definition) is 0. The van der Waals surface area contributed by atoms with E-state index in [1.54, 1.807) is 0 Å². The van der Waals surface area contributed by atoms with Gasteiger partial charge in [-0.1, -0.05) is 29.8 Å². The van der Waals surface area contributed by atoms with Crippen molar-refractivity contribution in [2.75, 3.05) is 19.6 Å². The Labute approximate surface area is 152 Å². The van der Waals surface area contributed by atoms with E-state index >= 15 is 0 Å². The van der Waals surface area contributed by atoms with Crippen LogP contribution in [-0.2, 0) is 11.3 Å². The Balaban J connectivity index is 1.45. The average molecular weight is 354 g/mol. The Hall–Kier alpha value is -2.14. The molecule has 130 valence electrons. The van der Waals surface area contributed by atoms with Gasteiger partial charge < -0.3 is 9.80 Å². The number of nitrogens with zero attached hydrogens (tertiary/aromatic N) is 2. The first kappa shape index (κ1) is 16.3. The lowest BCUT2D eigenvalue weighted by Gasteiger charge is -2.23. The van der Waals surface area contributed by atoms with Gasteiger partial charge in [0.2, 0.25) is 5.91 Å². The summed E-state index contributed by atoms with van der Waals surface area (Å²) in [5, 5.41) is 3.80. The van der Waals surface area contributed by atoms with Gasteiger partial charge >= 0.3 is 0 Å². The topological polar surface area (TPSA) is 40.6 Å². The average Bonchev–Trinajstić information content (AvgIpc) is 3.33. The molecule has 0 saturated carbocycles. The van der Waals surface area contributed by atoms with E-state index in [2.05, 4.69) is 25.1 Å². The lowest BCUT2D eigenvalue weighted by atomic mass is 9.85. The third-order valence-corrected chi connectivity index (χ3v) is 6.15. The first-order chi connectivity index (χ1) is 12.1. The predicted molar refractivity (Wildman–Crippen MR) is 98.5 cm³/mol. The molecule has 2 amide bonds. The number of aryl methyl sites for hydroxylation is 1. The molecule has 3 heterocycles. The van der Waals surface area contributed by atoms with Crippen LogP contribution in [0.25, 0.3) is 0 Å². The second kappa shape index (κ2) is 6.30. The van der Waals surface area contributed by atoms with Gasteiger partial charge in [-0.25, -0.2) is 0 Å². The van der Waals surface area contributed by atoms with E-state index in [1.165, 1.54) is 22.5 Å². The number of carbonyl (C=O) groups excluding carboxylic acids is 2. The maximum Gasteiger partial charge on any atom is 0.254 e. The molecule has 1 spiro atoms. The van der Waals surface area contributed by atoms with Crippen molar-refractivity contribution in [1.29, 1.82) is 0 Å². The molecule has 1 aromatic carbocycles. The van der Waals surface area contributed by atoms with Gasteiger partial charge in [0, 0.05) is 31.6 Å². The summed E-state index contributed by atoms with van der Waals surface area (Å²) < 4.78 is 0. The van der Waals surface area contributed by atoms with Crippen molar-refractivity contribution in [2.45, 2.75) is 26.3 Å². The number of benzene rings is 1. The number of carbonyl (C=O) groups is 2. The fourth-order valence-corrected chi connectivity index (χ4v) is 4.70. The summed E-state index contributed by atoms with van der Waals surface area (Å²) in [5.74, 6) is 0.276. The van der Waals surface area contributed by atoms with Crippen molar-refractivity contribution in [3.8, 4) is 0 Å². The summed E-state index contributed by atoms with van der Waals surface area (Å²) in [6, 6.07) is 10.2. The SMILES string of the molecule is Cc1cccc(CN2CCC3(CCN(C(=O)c4ccsc4)C3)C2=O)c1. The number of rotatable bonds is 3. The van der Waals surface area contributed by atoms with Crippen molar-refractivity contribution in [2.24, 2.45) is 5.41 Å². The van der Waals surface area contributed by atoms with Crippen molar-refractivity contribution in [3.05, 3.63) is 57.8 Å². The van der Waals surface area contributed by atoms with Gasteiger partial charge in [0.05, 0.1) is 11.0 Å². The molecule has 25 heavy (non-hydrogen) atoms. The van der Waals surface area contributed by atoms with E-state index in [9.17, 15) is 9.59 Å². The summed E-state index contributed by atoms with van der Waals surface area (Å²) in [4.78, 5) is 29.5. The van der Waals surface area contributed by atoms with Gasteiger partial charge in [0.15, 0.2) is 0 Å². The summed E-state index contributed by atoms with van der Waals surface area (Å²) in [6.45, 7) is 4.76. The van der Waals surface area contributed by atoms with Crippen molar-refractivity contribution >= 4 is 23.2 Å². The molecule has 0 N–H and O–H groups in total. The van der Waals surface area contributed by atoms with Gasteiger partial charge in [-0.05, 0) is 36.8 Å². The van der Waals surface area contributed by atoms with Gasteiger partial charge in [0.25, 0.3) is 5.91 Å². The van der Waals surface area contributed by atoms with Gasteiger partial charge in [-0.3, -0.25) is 9.59 Å². The Morgan fingerprint density at radius 2 is 2.08 bits per heavy atom. The molecule has 4 nitrogen and oxygen atoms in total. The number of amides is 2. The monoisotopic (exact) mass is 354 g/mol. The Morgan fingerprint density at radius 3 is 2.84 bits per heavy atom. The van der Waals surface area contributed by atoms with E-state index in [-0.39, 0.29) is 17.2 Å². The number of thiophene rings is 1. The highest BCUT2D eigenvalue weighted by molar-refractivity contribution is 7.08. The molecular weight excluding hydrogens is 332 g/mol. The van der Waals surface area contributed by atoms with Crippen LogP contribution in [0.15, 0.2) is 41.1 Å². The first-order valence-corrected chi connectivity index (χ1v) is 9.68. The lowest BCUT2D eigenvalue weighted by Crippen LogP contribution is -2.38. The smallest absolute Gasteiger partial charge is 0.254 e. The normalized spacial score (nSPS) is 23.0. The maximum absolute atomic E-state index is 13.1. The fraction of sp³-hybridized carbons (Fsp3) is 0.400. The van der Waals surface area contributed by atoms with Crippen molar-refractivity contribution in [1.82, 2.24) is 9.80 Å². The summed E-state index contributed by atoms with van der Waals surface area (Å²) in [7, 11) is 0. The zero-order valence-electron chi connectivity index (χ0n) is 14.4. The number of likely N-dealkylation sites (tertiary alicyclic amines) is 2. The summed E-state index contributed by atoms with van der Waals surface area (Å²) >= 11 is 1.53. The molecule has 2 aliphatic heterocycles. The van der Waals surface area contributed by atoms with Crippen LogP contribution >= 0.6 is 11.3 Å². The van der Waals surface area contributed by atoms with Crippen LogP contribution in [0.4, 0.5) is 0 Å². The molecule has 0 bridgehead atoms. The molecule has 0 radical (unpaired) electrons. The quantitative estimate of drug-likeness (QED) is 0.848. The second-order valence-electron chi connectivity index (χ2n) is 7.23. The van der Waals surface area contributed by atoms with Gasteiger partial charge in [0.1, 0.15) is 0 Å². The van der Waals surface area contributed by atoms with E-state index in [0.717, 1.165) is 24.9 Å². The molecule has 4 rings (SSSR count). The Morgan fingerprint density at radius 1 is 1.24 bits per heavy atom. The highest BCUT2D eigenvalue weighted by Crippen LogP contribution is 2.41. The number of hydrogen-bond acceptors (Lipinski definition) is 3. The molecule has 2 fully saturated rings. The van der Waals surface area contributed by atoms with Crippen LogP contribution in [-0.4, -0.2) is 41.2 Å². The van der Waals surface area contributed by atoms with Crippen molar-refractivity contribution < 1.29 is 9.59 Å². The van der Waals surface area contributed by atoms with Crippen molar-refractivity contribution in [3.63, 3.8) is 0 Å². The molecule has 1 unspecified atom stereocenters. The van der Waals surface area contributed by atoms with Crippen LogP contribution in [0.2, 0.25) is 0 Å². The van der Waals surface area contributed by atoms with Crippen LogP contribution in [0, 0.1) is 12.3 Å². The highest BCUT2D eigenvalue weighted by atomic mass is 32.1. The summed E-state index contributed by atoms with van der Waals surface area (Å²) in [6.07, 6.45) is 1.64. The van der Waals surface area contributed by atoms with Gasteiger partial charge in [-0.2, -0.15) is 11.3 Å². The molecule has 1 aromatic heterocycles. The van der Waals surface area contributed by atoms with E-state index in [1.807, 2.05) is 32.7 Å². The third kappa shape index (κ3) is 2.97. The maximum atomic E-state index is 13.1. The second-order valence-corrected chi connectivity index (χ2v) is 8.01. The molecule has 5 heteroatoms. The van der Waals surface area contributed by atoms with E-state index in [0.29, 0.717) is 19.6 Å². The molecule has 2 aromatic rings. The largest absolute Gasteiger partial charge is 0.338 e. The van der Waals surface area contributed by atoms with Crippen LogP contribution < -0.4 is 0 Å². The zero-order valence-corrected chi connectivity index (χ0v) is 15.2. The molecule has 2 saturated heterocycles. The molecule has 0 aliphatic carbocycles. The minimum absolute atomic E-state index is 0.0584. The molecule has 2 aliphatic rings. The first-order valence-electron chi connectivity index (χ1n) is 8.74. The standard InChI is InChI=1S/C20H22N2O2S/c1-15-3-2-4-16(11-15)12-21-8-6-20(19(21)24)7-9-22(14-20)18(23)17-5-10-25-13-17/h2-5,10-11,13H,6-9,12,14H2,1H3. The van der Waals surface area contributed by atoms with E-state index < -0.39 is 0 Å². The predicted octanol–water partition coefficient (Wildman–Crippen LogP) is 3.32.